The predicted octanol–water partition coefficient (Wildman–Crippen LogP) is 9.03. The van der Waals surface area contributed by atoms with Crippen LogP contribution in [0.15, 0.2) is 92.2 Å². The van der Waals surface area contributed by atoms with Gasteiger partial charge in [0.05, 0.1) is 10.4 Å². The molecule has 0 radical (unpaired) electrons. The average Bonchev–Trinajstić information content (AvgIpc) is 3.38. The van der Waals surface area contributed by atoms with Crippen LogP contribution in [0.25, 0.3) is 0 Å². The second-order valence-electron chi connectivity index (χ2n) is 13.0. The molecular formula is C28H10F34O8Si9. The maximum atomic E-state index is 16.5. The lowest BCUT2D eigenvalue weighted by atomic mass is 10.3. The van der Waals surface area contributed by atoms with Crippen molar-refractivity contribution in [3.63, 3.8) is 0 Å². The number of halogens is 34. The van der Waals surface area contributed by atoms with Gasteiger partial charge in [0.25, 0.3) is 0 Å². The van der Waals surface area contributed by atoms with E-state index >= 15 is 61.5 Å². The van der Waals surface area contributed by atoms with Gasteiger partial charge in [-0.15, -0.1) is 0 Å². The lowest BCUT2D eigenvalue weighted by Crippen LogP contribution is -2.75. The molecule has 79 heavy (non-hydrogen) atoms. The van der Waals surface area contributed by atoms with Gasteiger partial charge in [0, 0.05) is 0 Å². The van der Waals surface area contributed by atoms with E-state index in [-0.39, 0.29) is 0 Å². The first-order valence-electron chi connectivity index (χ1n) is 17.9. The highest BCUT2D eigenvalue weighted by atomic mass is 28.5. The standard InChI is InChI=1S/C28H10F34O8Si9/c29-1-3(31)7(35)11(8(36)4(1)32)77(63-71,64-72)69-79(65-73,28(62)20(53)54)70-78(12-9(37)5(33)2(30)6(34)10(12)38,68-76(25(59)17(47)48,26(60)18(49)50)27(61)19(51)52)67-74(21(55)13(39)40)66-75(22(56)14(41)42,23(57)15(43)44)24(58)16(45)46/h74H,71-73H3. The zero-order chi connectivity index (χ0) is 61.9. The molecule has 3 unspecified atom stereocenters. The summed E-state index contributed by atoms with van der Waals surface area (Å²) < 4.78 is 539. The topological polar surface area (TPSA) is 73.8 Å². The first kappa shape index (κ1) is 70.7. The van der Waals surface area contributed by atoms with Crippen LogP contribution < -0.4 is 10.4 Å². The van der Waals surface area contributed by atoms with Crippen molar-refractivity contribution in [1.29, 1.82) is 0 Å². The monoisotopic (exact) mass is 1370 g/mol. The molecule has 444 valence electrons. The second-order valence-corrected chi connectivity index (χ2v) is 33.6. The van der Waals surface area contributed by atoms with E-state index in [4.69, 9.17) is 0 Å². The van der Waals surface area contributed by atoms with Gasteiger partial charge in [-0.3, -0.25) is 0 Å². The van der Waals surface area contributed by atoms with Crippen molar-refractivity contribution in [3.05, 3.63) is 150 Å². The van der Waals surface area contributed by atoms with Crippen LogP contribution in [0.2, 0.25) is 0 Å². The summed E-state index contributed by atoms with van der Waals surface area (Å²) >= 11 is 0. The van der Waals surface area contributed by atoms with Gasteiger partial charge in [-0.05, 0) is 0 Å². The van der Waals surface area contributed by atoms with Crippen molar-refractivity contribution in [2.75, 3.05) is 0 Å². The van der Waals surface area contributed by atoms with Crippen molar-refractivity contribution < 1.29 is 182 Å². The van der Waals surface area contributed by atoms with E-state index in [9.17, 15) is 87.8 Å². The van der Waals surface area contributed by atoms with Gasteiger partial charge in [-0.25, -0.2) is 79.0 Å². The highest BCUT2D eigenvalue weighted by molar-refractivity contribution is 7.03. The molecule has 0 fully saturated rings. The molecule has 2 rings (SSSR count). The lowest BCUT2D eigenvalue weighted by Gasteiger charge is -2.44. The van der Waals surface area contributed by atoms with Crippen LogP contribution in [-0.4, -0.2) is 83.8 Å². The van der Waals surface area contributed by atoms with Gasteiger partial charge in [-0.1, -0.05) is 0 Å². The van der Waals surface area contributed by atoms with E-state index in [1.807, 2.05) is 0 Å². The summed E-state index contributed by atoms with van der Waals surface area (Å²) in [6.07, 6.45) is -38.8. The number of benzene rings is 2. The second kappa shape index (κ2) is 26.7. The SMILES string of the molecule is FC(F)=C(F)[SiH](O[Si](C(F)=C(F)F)(C(F)=C(F)F)C(F)=C(F)F)O[Si](O[Si](O[SiH3])(O[Si](O[SiH3])(O[SiH3])c1c(F)c(F)c(F)c(F)c1F)C(F)=C(F)F)(O[Si](C(F)=C(F)F)(C(F)=C(F)F)C(F)=C(F)F)c1c(F)c(F)c(F)c(F)c1F. The number of rotatable bonds is 23. The minimum absolute atomic E-state index is 1.73. The van der Waals surface area contributed by atoms with Crippen LogP contribution in [0.1, 0.15) is 0 Å². The molecule has 51 heteroatoms. The Morgan fingerprint density at radius 1 is 0.278 bits per heavy atom. The zero-order valence-electron chi connectivity index (χ0n) is 36.2. The summed E-state index contributed by atoms with van der Waals surface area (Å²) in [5.41, 5.74) is -38.5. The predicted molar refractivity (Wildman–Crippen MR) is 209 cm³/mol. The zero-order valence-corrected chi connectivity index (χ0v) is 48.3. The van der Waals surface area contributed by atoms with Crippen LogP contribution in [0.3, 0.4) is 0 Å². The summed E-state index contributed by atoms with van der Waals surface area (Å²) in [5.74, 6) is -38.2. The Bertz CT molecular complexity index is 2800. The summed E-state index contributed by atoms with van der Waals surface area (Å²) in [6, 6.07) is 0. The molecule has 8 nitrogen and oxygen atoms in total. The molecule has 2 aromatic rings. The Morgan fingerprint density at radius 2 is 0.532 bits per heavy atom. The largest absolute Gasteiger partial charge is 0.547 e. The van der Waals surface area contributed by atoms with Gasteiger partial charge < -0.3 is 32.9 Å². The molecule has 0 heterocycles. The van der Waals surface area contributed by atoms with Crippen molar-refractivity contribution in [3.8, 4) is 0 Å². The summed E-state index contributed by atoms with van der Waals surface area (Å²) in [6.45, 7) is 0. The van der Waals surface area contributed by atoms with Crippen LogP contribution >= 0.6 is 0 Å². The van der Waals surface area contributed by atoms with Gasteiger partial charge in [0.1, 0.15) is 31.5 Å². The highest BCUT2D eigenvalue weighted by Gasteiger charge is 2.73. The van der Waals surface area contributed by atoms with E-state index in [0.717, 1.165) is 0 Å². The van der Waals surface area contributed by atoms with Crippen molar-refractivity contribution in [1.82, 2.24) is 0 Å². The summed E-state index contributed by atoms with van der Waals surface area (Å²) in [4.78, 5) is 0. The van der Waals surface area contributed by atoms with E-state index in [2.05, 4.69) is 32.9 Å². The van der Waals surface area contributed by atoms with Crippen LogP contribution in [0.5, 0.6) is 0 Å². The third-order valence-electron chi connectivity index (χ3n) is 8.88. The minimum atomic E-state index is -10.3. The third-order valence-corrected chi connectivity index (χ3v) is 34.6. The Labute approximate surface area is 426 Å². The number of hydrogen-bond donors (Lipinski definition) is 0. The fourth-order valence-electron chi connectivity index (χ4n) is 5.54. The van der Waals surface area contributed by atoms with E-state index in [1.165, 1.54) is 0 Å². The van der Waals surface area contributed by atoms with E-state index in [0.29, 0.717) is 0 Å². The average molecular weight is 1370 g/mol. The Balaban J connectivity index is 4.15. The van der Waals surface area contributed by atoms with E-state index in [1.54, 1.807) is 0 Å². The molecule has 3 atom stereocenters. The maximum Gasteiger partial charge on any atom is 0.547 e. The summed E-state index contributed by atoms with van der Waals surface area (Å²) in [7, 11) is -60.5. The smallest absolute Gasteiger partial charge is 0.422 e. The lowest BCUT2D eigenvalue weighted by molar-refractivity contribution is 0.152. The molecule has 0 amide bonds. The molecule has 0 spiro atoms. The van der Waals surface area contributed by atoms with Crippen LogP contribution in [0.4, 0.5) is 149 Å². The molecule has 2 aromatic carbocycles. The highest BCUT2D eigenvalue weighted by Crippen LogP contribution is 2.48. The quantitative estimate of drug-likeness (QED) is 0.0473. The maximum absolute atomic E-state index is 16.5. The first-order chi connectivity index (χ1) is 36.1. The van der Waals surface area contributed by atoms with Crippen molar-refractivity contribution in [2.24, 2.45) is 0 Å². The normalized spacial score (nSPS) is 14.7. The van der Waals surface area contributed by atoms with E-state index < -0.39 is 245 Å². The number of hydrogen-bond acceptors (Lipinski definition) is 8. The van der Waals surface area contributed by atoms with Crippen LogP contribution in [-0.2, 0) is 32.9 Å². The molecule has 0 aliphatic heterocycles. The minimum Gasteiger partial charge on any atom is -0.422 e. The Hall–Kier alpha value is -4.39. The van der Waals surface area contributed by atoms with Crippen molar-refractivity contribution in [2.45, 2.75) is 0 Å². The van der Waals surface area contributed by atoms with Crippen LogP contribution in [0, 0.1) is 58.2 Å². The third kappa shape index (κ3) is 13.0. The van der Waals surface area contributed by atoms with Gasteiger partial charge >= 0.3 is 101 Å². The molecule has 0 bridgehead atoms. The molecular weight excluding hydrogens is 1360 g/mol. The molecule has 0 saturated carbocycles. The van der Waals surface area contributed by atoms with Gasteiger partial charge in [-0.2, -0.15) is 70.2 Å². The van der Waals surface area contributed by atoms with Gasteiger partial charge in [0.2, 0.25) is 22.5 Å². The molecule has 0 aromatic heterocycles. The first-order valence-corrected chi connectivity index (χ1v) is 30.9. The van der Waals surface area contributed by atoms with Gasteiger partial charge in [0.15, 0.2) is 79.2 Å². The van der Waals surface area contributed by atoms with Crippen molar-refractivity contribution >= 4 is 94.2 Å². The Kier molecular flexibility index (Phi) is 23.9. The summed E-state index contributed by atoms with van der Waals surface area (Å²) in [5, 5.41) is -7.51. The molecule has 0 saturated heterocycles. The fourth-order valence-corrected chi connectivity index (χ4v) is 34.4. The molecule has 0 aliphatic rings. The Morgan fingerprint density at radius 3 is 0.785 bits per heavy atom. The molecule has 0 aliphatic carbocycles. The fraction of sp³-hybridized carbons (Fsp3) is 0. The molecule has 0 N–H and O–H groups in total.